The summed E-state index contributed by atoms with van der Waals surface area (Å²) in [6, 6.07) is 8.69. The van der Waals surface area contributed by atoms with Crippen LogP contribution >= 0.6 is 0 Å². The number of likely N-dealkylation sites (tertiary alicyclic amines) is 1. The Bertz CT molecular complexity index is 728. The summed E-state index contributed by atoms with van der Waals surface area (Å²) in [5.74, 6) is -3.36. The number of amides is 1. The fraction of sp³-hybridized carbons (Fsp3) is 0.667. The van der Waals surface area contributed by atoms with Crippen molar-refractivity contribution in [1.82, 2.24) is 4.90 Å². The molecule has 31 heavy (non-hydrogen) atoms. The second kappa shape index (κ2) is 8.88. The molecule has 0 spiro atoms. The molecule has 0 aromatic heterocycles. The molecule has 2 rings (SSSR count). The number of piperidine rings is 1. The Labute approximate surface area is 177 Å². The van der Waals surface area contributed by atoms with E-state index in [0.29, 0.717) is 5.56 Å². The third kappa shape index (κ3) is 5.84. The molecule has 1 heterocycles. The highest BCUT2D eigenvalue weighted by Gasteiger charge is 2.74. The van der Waals surface area contributed by atoms with Gasteiger partial charge in [-0.05, 0) is 29.7 Å². The van der Waals surface area contributed by atoms with Crippen LogP contribution < -0.4 is 0 Å². The smallest absolute Gasteiger partial charge is 0.426 e. The summed E-state index contributed by atoms with van der Waals surface area (Å²) in [4.78, 5) is 13.5. The van der Waals surface area contributed by atoms with E-state index in [-0.39, 0.29) is 26.1 Å². The summed E-state index contributed by atoms with van der Waals surface area (Å²) in [5.41, 5.74) is -4.78. The minimum atomic E-state index is -5.90. The molecule has 1 aliphatic heterocycles. The van der Waals surface area contributed by atoms with Crippen LogP contribution in [-0.4, -0.2) is 47.1 Å². The lowest BCUT2D eigenvalue weighted by Gasteiger charge is -2.48. The standard InChI is InChI=1S/C21H27F6NO3/c1-18(2,3)11-15-12-28(17(29)31-13-14-7-5-4-6-8-14)10-9-16(15)19(30,20(22,23)24)21(25,26)27/h4-8,15-16,30H,9-13H2,1-3H3. The molecule has 1 aliphatic rings. The molecule has 1 aromatic carbocycles. The SMILES string of the molecule is CC(C)(C)CC1CN(C(=O)OCc2ccccc2)CCC1C(O)(C(F)(F)F)C(F)(F)F. The van der Waals surface area contributed by atoms with Crippen LogP contribution in [-0.2, 0) is 11.3 Å². The Kier molecular flexibility index (Phi) is 7.24. The first kappa shape index (κ1) is 25.3. The minimum absolute atomic E-state index is 0.0470. The monoisotopic (exact) mass is 455 g/mol. The zero-order valence-corrected chi connectivity index (χ0v) is 17.6. The summed E-state index contributed by atoms with van der Waals surface area (Å²) >= 11 is 0. The fourth-order valence-electron chi connectivity index (χ4n) is 4.13. The van der Waals surface area contributed by atoms with Gasteiger partial charge < -0.3 is 14.7 Å². The average Bonchev–Trinajstić information content (AvgIpc) is 2.63. The molecule has 10 heteroatoms. The van der Waals surface area contributed by atoms with Crippen LogP contribution in [0.2, 0.25) is 0 Å². The van der Waals surface area contributed by atoms with Gasteiger partial charge in [0, 0.05) is 19.0 Å². The predicted octanol–water partition coefficient (Wildman–Crippen LogP) is 5.55. The topological polar surface area (TPSA) is 49.8 Å². The third-order valence-corrected chi connectivity index (χ3v) is 5.47. The number of hydrogen-bond donors (Lipinski definition) is 1. The lowest BCUT2D eigenvalue weighted by atomic mass is 9.68. The third-order valence-electron chi connectivity index (χ3n) is 5.47. The number of alkyl halides is 6. The molecule has 1 amide bonds. The van der Waals surface area contributed by atoms with Gasteiger partial charge in [-0.1, -0.05) is 51.1 Å². The summed E-state index contributed by atoms with van der Waals surface area (Å²) in [6.45, 7) is 4.21. The summed E-state index contributed by atoms with van der Waals surface area (Å²) in [5, 5.41) is 9.97. The Morgan fingerprint density at radius 1 is 1.06 bits per heavy atom. The van der Waals surface area contributed by atoms with Crippen molar-refractivity contribution in [3.8, 4) is 0 Å². The van der Waals surface area contributed by atoms with Crippen molar-refractivity contribution in [2.75, 3.05) is 13.1 Å². The Hall–Kier alpha value is -1.97. The largest absolute Gasteiger partial charge is 0.445 e. The molecule has 0 radical (unpaired) electrons. The van der Waals surface area contributed by atoms with Crippen LogP contribution in [0.3, 0.4) is 0 Å². The van der Waals surface area contributed by atoms with E-state index in [1.807, 2.05) is 0 Å². The van der Waals surface area contributed by atoms with Gasteiger partial charge in [-0.2, -0.15) is 26.3 Å². The number of benzene rings is 1. The van der Waals surface area contributed by atoms with Gasteiger partial charge in [0.25, 0.3) is 5.60 Å². The van der Waals surface area contributed by atoms with Gasteiger partial charge in [-0.15, -0.1) is 0 Å². The summed E-state index contributed by atoms with van der Waals surface area (Å²) in [7, 11) is 0. The zero-order valence-electron chi connectivity index (χ0n) is 17.6. The van der Waals surface area contributed by atoms with Crippen molar-refractivity contribution < 1.29 is 41.0 Å². The zero-order chi connectivity index (χ0) is 23.7. The van der Waals surface area contributed by atoms with Gasteiger partial charge in [0.1, 0.15) is 6.61 Å². The summed E-state index contributed by atoms with van der Waals surface area (Å²) < 4.78 is 86.1. The number of carbonyl (C=O) groups is 1. The number of rotatable bonds is 4. The average molecular weight is 455 g/mol. The molecule has 0 aliphatic carbocycles. The Morgan fingerprint density at radius 3 is 2.10 bits per heavy atom. The van der Waals surface area contributed by atoms with Crippen molar-refractivity contribution >= 4 is 6.09 Å². The first-order chi connectivity index (χ1) is 14.1. The number of nitrogens with zero attached hydrogens (tertiary/aromatic N) is 1. The van der Waals surface area contributed by atoms with Crippen molar-refractivity contribution in [2.45, 2.75) is 58.2 Å². The van der Waals surface area contributed by atoms with Crippen molar-refractivity contribution in [3.63, 3.8) is 0 Å². The molecule has 1 fully saturated rings. The second-order valence-electron chi connectivity index (χ2n) is 9.17. The maximum atomic E-state index is 13.5. The molecular weight excluding hydrogens is 428 g/mol. The first-order valence-electron chi connectivity index (χ1n) is 9.88. The van der Waals surface area contributed by atoms with E-state index >= 15 is 0 Å². The lowest BCUT2D eigenvalue weighted by Crippen LogP contribution is -2.66. The van der Waals surface area contributed by atoms with Crippen LogP contribution in [0, 0.1) is 17.3 Å². The van der Waals surface area contributed by atoms with Gasteiger partial charge >= 0.3 is 18.4 Å². The quantitative estimate of drug-likeness (QED) is 0.606. The normalized spacial score (nSPS) is 21.2. The Morgan fingerprint density at radius 2 is 1.61 bits per heavy atom. The van der Waals surface area contributed by atoms with Gasteiger partial charge in [0.05, 0.1) is 0 Å². The van der Waals surface area contributed by atoms with Crippen LogP contribution in [0.25, 0.3) is 0 Å². The number of hydrogen-bond acceptors (Lipinski definition) is 3. The second-order valence-corrected chi connectivity index (χ2v) is 9.17. The maximum absolute atomic E-state index is 13.5. The van der Waals surface area contributed by atoms with Crippen molar-refractivity contribution in [2.24, 2.45) is 17.3 Å². The van der Waals surface area contributed by atoms with Crippen LogP contribution in [0.4, 0.5) is 31.1 Å². The molecule has 0 bridgehead atoms. The maximum Gasteiger partial charge on any atom is 0.426 e. The summed E-state index contributed by atoms with van der Waals surface area (Å²) in [6.07, 6.45) is -13.3. The highest BCUT2D eigenvalue weighted by atomic mass is 19.4. The highest BCUT2D eigenvalue weighted by molar-refractivity contribution is 5.67. The predicted molar refractivity (Wildman–Crippen MR) is 101 cm³/mol. The lowest BCUT2D eigenvalue weighted by molar-refractivity contribution is -0.392. The van der Waals surface area contributed by atoms with E-state index in [1.165, 1.54) is 0 Å². The van der Waals surface area contributed by atoms with Crippen LogP contribution in [0.15, 0.2) is 30.3 Å². The van der Waals surface area contributed by atoms with Gasteiger partial charge in [0.2, 0.25) is 0 Å². The van der Waals surface area contributed by atoms with E-state index in [0.717, 1.165) is 4.90 Å². The van der Waals surface area contributed by atoms with Crippen molar-refractivity contribution in [3.05, 3.63) is 35.9 Å². The Balaban J connectivity index is 2.24. The minimum Gasteiger partial charge on any atom is -0.445 e. The molecule has 2 atom stereocenters. The first-order valence-corrected chi connectivity index (χ1v) is 9.88. The molecule has 0 saturated carbocycles. The molecule has 1 saturated heterocycles. The van der Waals surface area contributed by atoms with E-state index < -0.39 is 47.7 Å². The molecule has 176 valence electrons. The number of halogens is 6. The van der Waals surface area contributed by atoms with Crippen LogP contribution in [0.5, 0.6) is 0 Å². The molecule has 1 aromatic rings. The van der Waals surface area contributed by atoms with Gasteiger partial charge in [-0.3, -0.25) is 0 Å². The molecule has 4 nitrogen and oxygen atoms in total. The molecule has 1 N–H and O–H groups in total. The molecule has 2 unspecified atom stereocenters. The van der Waals surface area contributed by atoms with Gasteiger partial charge in [-0.25, -0.2) is 4.79 Å². The fourth-order valence-corrected chi connectivity index (χ4v) is 4.13. The molecular formula is C21H27F6NO3. The number of carbonyl (C=O) groups excluding carboxylic acids is 1. The number of ether oxygens (including phenoxy) is 1. The van der Waals surface area contributed by atoms with E-state index in [1.54, 1.807) is 51.1 Å². The van der Waals surface area contributed by atoms with E-state index in [4.69, 9.17) is 4.74 Å². The van der Waals surface area contributed by atoms with Crippen molar-refractivity contribution in [1.29, 1.82) is 0 Å². The van der Waals surface area contributed by atoms with E-state index in [9.17, 15) is 36.2 Å². The number of aliphatic hydroxyl groups is 1. The van der Waals surface area contributed by atoms with Gasteiger partial charge in [0.15, 0.2) is 0 Å². The van der Waals surface area contributed by atoms with E-state index in [2.05, 4.69) is 0 Å². The highest BCUT2D eigenvalue weighted by Crippen LogP contribution is 2.53. The van der Waals surface area contributed by atoms with Crippen LogP contribution in [0.1, 0.15) is 39.2 Å².